The summed E-state index contributed by atoms with van der Waals surface area (Å²) in [4.78, 5) is 4.90. The third kappa shape index (κ3) is 3.45. The van der Waals surface area contributed by atoms with Crippen LogP contribution in [0.15, 0.2) is 41.1 Å². The van der Waals surface area contributed by atoms with Crippen molar-refractivity contribution in [2.75, 3.05) is 0 Å². The molecule has 0 aliphatic rings. The van der Waals surface area contributed by atoms with Crippen LogP contribution in [0.5, 0.6) is 0 Å². The van der Waals surface area contributed by atoms with E-state index in [9.17, 15) is 5.11 Å². The summed E-state index contributed by atoms with van der Waals surface area (Å²) >= 11 is 5.22. The number of aliphatic hydroxyl groups is 1. The zero-order valence-electron chi connectivity index (χ0n) is 11.7. The van der Waals surface area contributed by atoms with Crippen LogP contribution >= 0.6 is 34.0 Å². The fourth-order valence-electron chi connectivity index (χ4n) is 1.84. The lowest BCUT2D eigenvalue weighted by molar-refractivity contribution is 0.143. The number of hydrogen-bond acceptors (Lipinski definition) is 4. The van der Waals surface area contributed by atoms with E-state index in [4.69, 9.17) is 0 Å². The number of hydrogen-bond donors (Lipinski definition) is 1. The SMILES string of the molecule is CC(C)(O)C#Cc1cc(-c2cccs2)sc1-c1cccs1. The van der Waals surface area contributed by atoms with E-state index in [-0.39, 0.29) is 0 Å². The summed E-state index contributed by atoms with van der Waals surface area (Å²) in [5.41, 5.74) is 0.0190. The predicted molar refractivity (Wildman–Crippen MR) is 94.1 cm³/mol. The molecule has 3 aromatic heterocycles. The highest BCUT2D eigenvalue weighted by Gasteiger charge is 2.13. The molecule has 0 aromatic carbocycles. The monoisotopic (exact) mass is 330 g/mol. The molecule has 3 heterocycles. The molecule has 1 N–H and O–H groups in total. The van der Waals surface area contributed by atoms with E-state index in [1.165, 1.54) is 19.5 Å². The van der Waals surface area contributed by atoms with Gasteiger partial charge in [-0.25, -0.2) is 0 Å². The first-order chi connectivity index (χ1) is 10.0. The van der Waals surface area contributed by atoms with Crippen LogP contribution in [0.4, 0.5) is 0 Å². The molecule has 0 unspecified atom stereocenters. The number of thiophene rings is 3. The average molecular weight is 330 g/mol. The zero-order chi connectivity index (χ0) is 14.9. The third-order valence-electron chi connectivity index (χ3n) is 2.74. The Balaban J connectivity index is 2.10. The molecular formula is C17H14OS3. The van der Waals surface area contributed by atoms with Gasteiger partial charge in [0, 0.05) is 20.2 Å². The van der Waals surface area contributed by atoms with E-state index in [1.807, 2.05) is 0 Å². The fourth-order valence-corrected chi connectivity index (χ4v) is 4.64. The molecular weight excluding hydrogens is 316 g/mol. The second kappa shape index (κ2) is 5.78. The Kier molecular flexibility index (Phi) is 4.01. The van der Waals surface area contributed by atoms with Crippen molar-refractivity contribution in [3.8, 4) is 31.3 Å². The minimum atomic E-state index is -0.974. The van der Waals surface area contributed by atoms with Gasteiger partial charge >= 0.3 is 0 Å². The maximum atomic E-state index is 9.83. The molecule has 0 bridgehead atoms. The van der Waals surface area contributed by atoms with Crippen molar-refractivity contribution in [3.05, 3.63) is 46.7 Å². The summed E-state index contributed by atoms with van der Waals surface area (Å²) in [6.45, 7) is 3.41. The van der Waals surface area contributed by atoms with Gasteiger partial charge in [-0.2, -0.15) is 0 Å². The van der Waals surface area contributed by atoms with E-state index in [0.717, 1.165) is 5.56 Å². The van der Waals surface area contributed by atoms with Gasteiger partial charge in [0.2, 0.25) is 0 Å². The lowest BCUT2D eigenvalue weighted by Gasteiger charge is -2.05. The molecule has 0 saturated carbocycles. The first kappa shape index (κ1) is 14.6. The van der Waals surface area contributed by atoms with Crippen LogP contribution in [0, 0.1) is 11.8 Å². The molecule has 0 aliphatic carbocycles. The summed E-state index contributed by atoms with van der Waals surface area (Å²) in [5.74, 6) is 6.06. The molecule has 3 aromatic rings. The van der Waals surface area contributed by atoms with Gasteiger partial charge in [-0.15, -0.1) is 34.0 Å². The van der Waals surface area contributed by atoms with Crippen molar-refractivity contribution in [3.63, 3.8) is 0 Å². The van der Waals surface area contributed by atoms with Gasteiger partial charge in [-0.1, -0.05) is 24.0 Å². The lowest BCUT2D eigenvalue weighted by Crippen LogP contribution is -2.14. The summed E-state index contributed by atoms with van der Waals surface area (Å²) in [7, 11) is 0. The van der Waals surface area contributed by atoms with Gasteiger partial charge in [-0.3, -0.25) is 0 Å². The van der Waals surface area contributed by atoms with Gasteiger partial charge in [0.25, 0.3) is 0 Å². The maximum absolute atomic E-state index is 9.83. The summed E-state index contributed by atoms with van der Waals surface area (Å²) in [6.07, 6.45) is 0. The Morgan fingerprint density at radius 3 is 2.24 bits per heavy atom. The van der Waals surface area contributed by atoms with E-state index < -0.39 is 5.60 Å². The van der Waals surface area contributed by atoms with E-state index in [2.05, 4.69) is 52.9 Å². The minimum absolute atomic E-state index is 0.974. The van der Waals surface area contributed by atoms with Crippen LogP contribution in [-0.4, -0.2) is 10.7 Å². The quantitative estimate of drug-likeness (QED) is 0.630. The molecule has 0 aliphatic heterocycles. The second-order valence-electron chi connectivity index (χ2n) is 5.12. The minimum Gasteiger partial charge on any atom is -0.378 e. The van der Waals surface area contributed by atoms with Crippen LogP contribution < -0.4 is 0 Å². The Labute approximate surface area is 136 Å². The van der Waals surface area contributed by atoms with E-state index >= 15 is 0 Å². The topological polar surface area (TPSA) is 20.2 Å². The molecule has 0 atom stereocenters. The molecule has 0 radical (unpaired) electrons. The molecule has 0 spiro atoms. The normalized spacial score (nSPS) is 11.2. The van der Waals surface area contributed by atoms with Crippen LogP contribution in [0.25, 0.3) is 19.5 Å². The largest absolute Gasteiger partial charge is 0.378 e. The van der Waals surface area contributed by atoms with Crippen molar-refractivity contribution in [2.24, 2.45) is 0 Å². The predicted octanol–water partition coefficient (Wildman–Crippen LogP) is 5.33. The van der Waals surface area contributed by atoms with Crippen molar-refractivity contribution in [2.45, 2.75) is 19.4 Å². The summed E-state index contributed by atoms with van der Waals surface area (Å²) < 4.78 is 0. The molecule has 0 saturated heterocycles. The Hall–Kier alpha value is -1.38. The van der Waals surface area contributed by atoms with Crippen molar-refractivity contribution in [1.29, 1.82) is 0 Å². The molecule has 1 nitrogen and oxygen atoms in total. The standard InChI is InChI=1S/C17H14OS3/c1-17(2,18)8-7-12-11-15(13-5-3-9-19-13)21-16(12)14-6-4-10-20-14/h3-6,9-11,18H,1-2H3. The molecule has 0 fully saturated rings. The highest BCUT2D eigenvalue weighted by atomic mass is 32.1. The zero-order valence-corrected chi connectivity index (χ0v) is 14.2. The molecule has 21 heavy (non-hydrogen) atoms. The molecule has 4 heteroatoms. The Bertz CT molecular complexity index is 776. The smallest absolute Gasteiger partial charge is 0.120 e. The first-order valence-corrected chi connectivity index (χ1v) is 9.08. The van der Waals surface area contributed by atoms with Crippen molar-refractivity contribution < 1.29 is 5.11 Å². The van der Waals surface area contributed by atoms with Crippen molar-refractivity contribution >= 4 is 34.0 Å². The van der Waals surface area contributed by atoms with E-state index in [1.54, 1.807) is 47.9 Å². The summed E-state index contributed by atoms with van der Waals surface area (Å²) in [6, 6.07) is 10.5. The Morgan fingerprint density at radius 2 is 1.67 bits per heavy atom. The van der Waals surface area contributed by atoms with Crippen molar-refractivity contribution in [1.82, 2.24) is 0 Å². The second-order valence-corrected chi connectivity index (χ2v) is 8.06. The van der Waals surface area contributed by atoms with Crippen LogP contribution in [-0.2, 0) is 0 Å². The first-order valence-electron chi connectivity index (χ1n) is 6.50. The molecule has 3 rings (SSSR count). The lowest BCUT2D eigenvalue weighted by atomic mass is 10.1. The van der Waals surface area contributed by atoms with Crippen LogP contribution in [0.3, 0.4) is 0 Å². The molecule has 0 amide bonds. The van der Waals surface area contributed by atoms with Gasteiger partial charge in [0.1, 0.15) is 5.60 Å². The molecule has 106 valence electrons. The highest BCUT2D eigenvalue weighted by Crippen LogP contribution is 2.41. The fraction of sp³-hybridized carbons (Fsp3) is 0.176. The van der Waals surface area contributed by atoms with Gasteiger partial charge in [0.15, 0.2) is 0 Å². The maximum Gasteiger partial charge on any atom is 0.120 e. The van der Waals surface area contributed by atoms with E-state index in [0.29, 0.717) is 0 Å². The Morgan fingerprint density at radius 1 is 1.00 bits per heavy atom. The van der Waals surface area contributed by atoms with Gasteiger partial charge < -0.3 is 5.11 Å². The van der Waals surface area contributed by atoms with Crippen LogP contribution in [0.2, 0.25) is 0 Å². The van der Waals surface area contributed by atoms with Gasteiger partial charge in [-0.05, 0) is 42.8 Å². The highest BCUT2D eigenvalue weighted by molar-refractivity contribution is 7.26. The third-order valence-corrected chi connectivity index (χ3v) is 5.99. The van der Waals surface area contributed by atoms with Gasteiger partial charge in [0.05, 0.1) is 4.88 Å². The summed E-state index contributed by atoms with van der Waals surface area (Å²) in [5, 5.41) is 14.0. The van der Waals surface area contributed by atoms with Crippen LogP contribution in [0.1, 0.15) is 19.4 Å². The number of rotatable bonds is 2. The average Bonchev–Trinajstić information content (AvgIpc) is 3.15.